The van der Waals surface area contributed by atoms with Gasteiger partial charge in [0.15, 0.2) is 11.5 Å². The van der Waals surface area contributed by atoms with Crippen molar-refractivity contribution in [1.29, 1.82) is 0 Å². The molecule has 0 bridgehead atoms. The summed E-state index contributed by atoms with van der Waals surface area (Å²) in [4.78, 5) is 18.3. The maximum absolute atomic E-state index is 12.6. The molecule has 0 aliphatic carbocycles. The van der Waals surface area contributed by atoms with Crippen LogP contribution in [0.15, 0.2) is 29.6 Å². The van der Waals surface area contributed by atoms with Crippen molar-refractivity contribution in [2.45, 2.75) is 25.8 Å². The summed E-state index contributed by atoms with van der Waals surface area (Å²) < 4.78 is 10.8. The first kappa shape index (κ1) is 17.4. The zero-order valence-electron chi connectivity index (χ0n) is 15.1. The molecule has 0 spiro atoms. The third-order valence-electron chi connectivity index (χ3n) is 4.99. The highest BCUT2D eigenvalue weighted by atomic mass is 32.1. The van der Waals surface area contributed by atoms with Crippen LogP contribution in [0.25, 0.3) is 0 Å². The van der Waals surface area contributed by atoms with Gasteiger partial charge in [0.25, 0.3) is 5.91 Å². The minimum absolute atomic E-state index is 0.110. The Bertz CT molecular complexity index is 776. The molecule has 0 saturated carbocycles. The van der Waals surface area contributed by atoms with Gasteiger partial charge in [0.2, 0.25) is 6.79 Å². The van der Waals surface area contributed by atoms with Crippen LogP contribution in [0.4, 0.5) is 0 Å². The number of carbonyl (C=O) groups is 1. The second kappa shape index (κ2) is 7.68. The van der Waals surface area contributed by atoms with Crippen LogP contribution in [0.5, 0.6) is 11.5 Å². The summed E-state index contributed by atoms with van der Waals surface area (Å²) in [5.41, 5.74) is 1.81. The van der Waals surface area contributed by atoms with E-state index in [9.17, 15) is 4.79 Å². The minimum atomic E-state index is 0.110. The zero-order valence-corrected chi connectivity index (χ0v) is 15.9. The summed E-state index contributed by atoms with van der Waals surface area (Å²) in [5, 5.41) is 2.14. The van der Waals surface area contributed by atoms with Crippen LogP contribution < -0.4 is 9.47 Å². The van der Waals surface area contributed by atoms with E-state index >= 15 is 0 Å². The van der Waals surface area contributed by atoms with E-state index in [0.717, 1.165) is 49.4 Å². The molecule has 1 aromatic heterocycles. The smallest absolute Gasteiger partial charge is 0.254 e. The monoisotopic (exact) mass is 372 g/mol. The van der Waals surface area contributed by atoms with Gasteiger partial charge in [0.1, 0.15) is 0 Å². The van der Waals surface area contributed by atoms with Crippen molar-refractivity contribution in [3.63, 3.8) is 0 Å². The Labute approximate surface area is 158 Å². The van der Waals surface area contributed by atoms with Crippen molar-refractivity contribution in [3.05, 3.63) is 45.6 Å². The molecule has 0 N–H and O–H groups in total. The van der Waals surface area contributed by atoms with E-state index in [1.54, 1.807) is 0 Å². The molecule has 26 heavy (non-hydrogen) atoms. The molecule has 0 saturated heterocycles. The molecule has 2 aliphatic heterocycles. The maximum Gasteiger partial charge on any atom is 0.254 e. The Kier molecular flexibility index (Phi) is 5.13. The second-order valence-electron chi connectivity index (χ2n) is 6.93. The van der Waals surface area contributed by atoms with Gasteiger partial charge in [-0.25, -0.2) is 0 Å². The summed E-state index contributed by atoms with van der Waals surface area (Å²) in [6.07, 6.45) is 3.31. The number of aryl methyl sites for hydroxylation is 1. The van der Waals surface area contributed by atoms with Crippen molar-refractivity contribution in [1.82, 2.24) is 9.80 Å². The third kappa shape index (κ3) is 3.71. The fourth-order valence-corrected chi connectivity index (χ4v) is 4.31. The number of fused-ring (bicyclic) bond motifs is 2. The highest BCUT2D eigenvalue weighted by Gasteiger charge is 2.30. The van der Waals surface area contributed by atoms with Crippen LogP contribution in [0, 0.1) is 0 Å². The van der Waals surface area contributed by atoms with Crippen LogP contribution in [-0.4, -0.2) is 49.2 Å². The molecule has 2 aromatic rings. The van der Waals surface area contributed by atoms with Crippen molar-refractivity contribution in [2.24, 2.45) is 0 Å². The standard InChI is InChI=1S/C20H24N2O3S/c1-21(7-2-5-16-6-3-10-26-16)8-4-9-22-13-15-11-18-19(25-14-24-18)12-17(15)20(22)23/h3,6,10-12H,2,4-5,7-9,13-14H2,1H3. The Morgan fingerprint density at radius 1 is 1.19 bits per heavy atom. The fraction of sp³-hybridized carbons (Fsp3) is 0.450. The number of carbonyl (C=O) groups excluding carboxylic acids is 1. The predicted octanol–water partition coefficient (Wildman–Crippen LogP) is 3.39. The highest BCUT2D eigenvalue weighted by Crippen LogP contribution is 2.38. The van der Waals surface area contributed by atoms with Crippen molar-refractivity contribution in [3.8, 4) is 11.5 Å². The van der Waals surface area contributed by atoms with Gasteiger partial charge in [-0.15, -0.1) is 11.3 Å². The van der Waals surface area contributed by atoms with E-state index in [4.69, 9.17) is 9.47 Å². The summed E-state index contributed by atoms with van der Waals surface area (Å²) in [6.45, 7) is 3.80. The van der Waals surface area contributed by atoms with E-state index < -0.39 is 0 Å². The predicted molar refractivity (Wildman–Crippen MR) is 102 cm³/mol. The number of benzene rings is 1. The molecule has 5 nitrogen and oxygen atoms in total. The summed E-state index contributed by atoms with van der Waals surface area (Å²) in [6, 6.07) is 8.10. The topological polar surface area (TPSA) is 42.0 Å². The molecular weight excluding hydrogens is 348 g/mol. The number of ether oxygens (including phenoxy) is 2. The molecular formula is C20H24N2O3S. The minimum Gasteiger partial charge on any atom is -0.454 e. The average molecular weight is 372 g/mol. The van der Waals surface area contributed by atoms with Crippen LogP contribution in [-0.2, 0) is 13.0 Å². The van der Waals surface area contributed by atoms with Crippen LogP contribution in [0.3, 0.4) is 0 Å². The van der Waals surface area contributed by atoms with E-state index in [1.165, 1.54) is 11.3 Å². The molecule has 0 unspecified atom stereocenters. The molecule has 4 rings (SSSR count). The SMILES string of the molecule is CN(CCCc1cccs1)CCCN1Cc2cc3c(cc2C1=O)OCO3. The fourth-order valence-electron chi connectivity index (χ4n) is 3.56. The average Bonchev–Trinajstić information content (AvgIpc) is 3.35. The van der Waals surface area contributed by atoms with Crippen LogP contribution in [0.1, 0.15) is 33.6 Å². The summed E-state index contributed by atoms with van der Waals surface area (Å²) in [5.74, 6) is 1.55. The number of hydrogen-bond acceptors (Lipinski definition) is 5. The lowest BCUT2D eigenvalue weighted by molar-refractivity contribution is 0.0771. The van der Waals surface area contributed by atoms with Gasteiger partial charge >= 0.3 is 0 Å². The third-order valence-corrected chi connectivity index (χ3v) is 5.92. The van der Waals surface area contributed by atoms with Crippen LogP contribution >= 0.6 is 11.3 Å². The maximum atomic E-state index is 12.6. The van der Waals surface area contributed by atoms with Gasteiger partial charge in [-0.1, -0.05) is 6.07 Å². The zero-order chi connectivity index (χ0) is 17.9. The molecule has 1 amide bonds. The number of hydrogen-bond donors (Lipinski definition) is 0. The first-order valence-corrected chi connectivity index (χ1v) is 10.0. The van der Waals surface area contributed by atoms with Crippen molar-refractivity contribution < 1.29 is 14.3 Å². The molecule has 6 heteroatoms. The number of amides is 1. The van der Waals surface area contributed by atoms with Crippen molar-refractivity contribution >= 4 is 17.2 Å². The van der Waals surface area contributed by atoms with Gasteiger partial charge < -0.3 is 19.3 Å². The van der Waals surface area contributed by atoms with Gasteiger partial charge in [-0.05, 0) is 68.5 Å². The Morgan fingerprint density at radius 3 is 2.81 bits per heavy atom. The number of nitrogens with zero attached hydrogens (tertiary/aromatic N) is 2. The van der Waals surface area contributed by atoms with Crippen molar-refractivity contribution in [2.75, 3.05) is 33.5 Å². The molecule has 0 atom stereocenters. The molecule has 0 fully saturated rings. The first-order chi connectivity index (χ1) is 12.7. The van der Waals surface area contributed by atoms with Crippen LogP contribution in [0.2, 0.25) is 0 Å². The largest absolute Gasteiger partial charge is 0.454 e. The van der Waals surface area contributed by atoms with E-state index in [2.05, 4.69) is 29.5 Å². The Hall–Kier alpha value is -2.05. The van der Waals surface area contributed by atoms with Gasteiger partial charge in [0.05, 0.1) is 0 Å². The Balaban J connectivity index is 1.21. The first-order valence-electron chi connectivity index (χ1n) is 9.13. The lowest BCUT2D eigenvalue weighted by atomic mass is 10.1. The van der Waals surface area contributed by atoms with Gasteiger partial charge in [-0.2, -0.15) is 0 Å². The lowest BCUT2D eigenvalue weighted by Gasteiger charge is -2.20. The lowest BCUT2D eigenvalue weighted by Crippen LogP contribution is -2.29. The quantitative estimate of drug-likeness (QED) is 0.712. The summed E-state index contributed by atoms with van der Waals surface area (Å²) >= 11 is 1.83. The molecule has 0 radical (unpaired) electrons. The summed E-state index contributed by atoms with van der Waals surface area (Å²) in [7, 11) is 2.16. The number of thiophene rings is 1. The molecule has 1 aromatic carbocycles. The van der Waals surface area contributed by atoms with E-state index in [-0.39, 0.29) is 12.7 Å². The Morgan fingerprint density at radius 2 is 2.00 bits per heavy atom. The molecule has 3 heterocycles. The second-order valence-corrected chi connectivity index (χ2v) is 7.96. The number of rotatable bonds is 8. The van der Waals surface area contributed by atoms with Gasteiger partial charge in [-0.3, -0.25) is 4.79 Å². The van der Waals surface area contributed by atoms with Gasteiger partial charge in [0, 0.05) is 23.5 Å². The highest BCUT2D eigenvalue weighted by molar-refractivity contribution is 7.09. The van der Waals surface area contributed by atoms with E-state index in [1.807, 2.05) is 28.4 Å². The molecule has 138 valence electrons. The van der Waals surface area contributed by atoms with E-state index in [0.29, 0.717) is 12.3 Å². The normalized spacial score (nSPS) is 15.2. The molecule has 2 aliphatic rings.